The van der Waals surface area contributed by atoms with Crippen LogP contribution in [0.25, 0.3) is 61.4 Å². The number of benzene rings is 6. The Hall–Kier alpha value is -7.43. The zero-order valence-electron chi connectivity index (χ0n) is 35.2. The highest BCUT2D eigenvalue weighted by atomic mass is 15.0. The van der Waals surface area contributed by atoms with E-state index in [0.717, 1.165) is 48.3 Å². The predicted molar refractivity (Wildman–Crippen MR) is 257 cm³/mol. The predicted octanol–water partition coefficient (Wildman–Crippen LogP) is 14.1. The van der Waals surface area contributed by atoms with Crippen molar-refractivity contribution < 1.29 is 0 Å². The summed E-state index contributed by atoms with van der Waals surface area (Å²) in [5.41, 5.74) is 17.2. The topological polar surface area (TPSA) is 43.6 Å². The van der Waals surface area contributed by atoms with Crippen LogP contribution in [-0.4, -0.2) is 19.5 Å². The number of aromatic nitrogens is 4. The molecule has 8 aromatic rings. The third-order valence-corrected chi connectivity index (χ3v) is 14.6. The van der Waals surface area contributed by atoms with Crippen LogP contribution in [0.3, 0.4) is 0 Å². The summed E-state index contributed by atoms with van der Waals surface area (Å²) in [6.07, 6.45) is 20.9. The second-order valence-corrected chi connectivity index (χ2v) is 17.9. The molecule has 0 amide bonds. The molecule has 5 aliphatic carbocycles. The van der Waals surface area contributed by atoms with Gasteiger partial charge in [0.05, 0.1) is 21.9 Å². The molecular formula is C59H44N4. The average Bonchev–Trinajstić information content (AvgIpc) is 3.96. The summed E-state index contributed by atoms with van der Waals surface area (Å²) in [6, 6.07) is 54.8. The Morgan fingerprint density at radius 2 is 1.14 bits per heavy atom. The Labute approximate surface area is 367 Å². The van der Waals surface area contributed by atoms with Crippen LogP contribution in [0.1, 0.15) is 55.5 Å². The number of hydrogen-bond acceptors (Lipinski definition) is 3. The summed E-state index contributed by atoms with van der Waals surface area (Å²) in [5, 5.41) is 2.52. The lowest BCUT2D eigenvalue weighted by molar-refractivity contribution is 0.462. The van der Waals surface area contributed by atoms with Gasteiger partial charge in [-0.2, -0.15) is 0 Å². The molecule has 0 saturated heterocycles. The molecule has 2 heterocycles. The molecule has 5 aliphatic rings. The number of rotatable bonds is 5. The maximum atomic E-state index is 5.46. The van der Waals surface area contributed by atoms with Crippen LogP contribution >= 0.6 is 0 Å². The van der Waals surface area contributed by atoms with Crippen molar-refractivity contribution in [3.63, 3.8) is 0 Å². The summed E-state index contributed by atoms with van der Waals surface area (Å²) in [6.45, 7) is 2.38. The highest BCUT2D eigenvalue weighted by Crippen LogP contribution is 2.69. The van der Waals surface area contributed by atoms with Crippen LogP contribution in [0.2, 0.25) is 0 Å². The lowest BCUT2D eigenvalue weighted by atomic mass is 9.61. The SMILES string of the molecule is CC1(c2nc(-c3ccccc3)nc(-c3ccccc3)n2)C=CC=C2C1c1cc(-c3ccc4c5ccccc5n(-c5ccccc5)c4c3)ccc1C21C2=C(C=CCC2)C2=C1CCC=C2. The van der Waals surface area contributed by atoms with Gasteiger partial charge in [0, 0.05) is 33.5 Å². The molecule has 0 N–H and O–H groups in total. The van der Waals surface area contributed by atoms with Gasteiger partial charge < -0.3 is 4.57 Å². The first-order valence-corrected chi connectivity index (χ1v) is 22.4. The molecule has 0 saturated carbocycles. The normalized spacial score (nSPS) is 20.3. The summed E-state index contributed by atoms with van der Waals surface area (Å²) < 4.78 is 2.42. The van der Waals surface area contributed by atoms with Crippen molar-refractivity contribution in [2.75, 3.05) is 0 Å². The van der Waals surface area contributed by atoms with Gasteiger partial charge in [0.15, 0.2) is 11.6 Å². The standard InChI is InChI=1S/C59H44N4/c1-58(57-61-55(38-18-5-2-6-19-38)60-56(62-57)39-20-7-3-8-21-39)35-17-29-51-54(58)47-36-40(32-34-50(47)59(51)48-27-14-11-24-43(48)44-25-12-15-28-49(44)59)41-31-33-46-45-26-13-16-30-52(45)63(53(46)37-41)42-22-9-4-10-23-42/h2-13,16-26,29-37,54H,14-15,27-28H2,1H3. The number of allylic oxidation sites excluding steroid dienone is 12. The maximum Gasteiger partial charge on any atom is 0.163 e. The Balaban J connectivity index is 1.06. The number of hydrogen-bond donors (Lipinski definition) is 0. The summed E-state index contributed by atoms with van der Waals surface area (Å²) in [4.78, 5) is 16.1. The van der Waals surface area contributed by atoms with E-state index in [9.17, 15) is 0 Å². The summed E-state index contributed by atoms with van der Waals surface area (Å²) >= 11 is 0. The minimum absolute atomic E-state index is 0.0241. The van der Waals surface area contributed by atoms with Gasteiger partial charge in [0.1, 0.15) is 5.82 Å². The van der Waals surface area contributed by atoms with E-state index in [0.29, 0.717) is 11.6 Å². The molecule has 63 heavy (non-hydrogen) atoms. The van der Waals surface area contributed by atoms with Crippen LogP contribution in [-0.2, 0) is 10.8 Å². The molecule has 13 rings (SSSR count). The molecule has 4 nitrogen and oxygen atoms in total. The minimum Gasteiger partial charge on any atom is -0.309 e. The van der Waals surface area contributed by atoms with Crippen molar-refractivity contribution in [3.05, 3.63) is 239 Å². The highest BCUT2D eigenvalue weighted by molar-refractivity contribution is 6.10. The van der Waals surface area contributed by atoms with Crippen LogP contribution < -0.4 is 0 Å². The molecule has 6 aromatic carbocycles. The Morgan fingerprint density at radius 1 is 0.556 bits per heavy atom. The van der Waals surface area contributed by atoms with Crippen molar-refractivity contribution in [2.45, 2.75) is 49.4 Å². The number of para-hydroxylation sites is 2. The molecule has 2 unspecified atom stereocenters. The van der Waals surface area contributed by atoms with E-state index in [1.807, 2.05) is 12.1 Å². The largest absolute Gasteiger partial charge is 0.309 e. The van der Waals surface area contributed by atoms with Gasteiger partial charge in [-0.1, -0.05) is 170 Å². The molecule has 2 atom stereocenters. The Bertz CT molecular complexity index is 3300. The van der Waals surface area contributed by atoms with E-state index in [1.165, 1.54) is 60.8 Å². The third kappa shape index (κ3) is 5.18. The van der Waals surface area contributed by atoms with Gasteiger partial charge in [-0.15, -0.1) is 0 Å². The fourth-order valence-corrected chi connectivity index (χ4v) is 11.9. The maximum absolute atomic E-state index is 5.46. The summed E-state index contributed by atoms with van der Waals surface area (Å²) in [7, 11) is 0. The number of nitrogens with zero attached hydrogens (tertiary/aromatic N) is 4. The molecular weight excluding hydrogens is 765 g/mol. The van der Waals surface area contributed by atoms with E-state index >= 15 is 0 Å². The molecule has 2 aromatic heterocycles. The van der Waals surface area contributed by atoms with Gasteiger partial charge in [-0.3, -0.25) is 0 Å². The smallest absolute Gasteiger partial charge is 0.163 e. The van der Waals surface area contributed by atoms with Crippen molar-refractivity contribution >= 4 is 21.8 Å². The third-order valence-electron chi connectivity index (χ3n) is 14.6. The van der Waals surface area contributed by atoms with Gasteiger partial charge in [0.25, 0.3) is 0 Å². The van der Waals surface area contributed by atoms with E-state index in [4.69, 9.17) is 15.0 Å². The van der Waals surface area contributed by atoms with Crippen LogP contribution in [0, 0.1) is 0 Å². The number of fused-ring (bicyclic) bond motifs is 11. The summed E-state index contributed by atoms with van der Waals surface area (Å²) in [5.74, 6) is 2.15. The lowest BCUT2D eigenvalue weighted by Gasteiger charge is -2.41. The zero-order chi connectivity index (χ0) is 41.7. The second-order valence-electron chi connectivity index (χ2n) is 17.9. The molecule has 300 valence electrons. The Kier molecular flexibility index (Phi) is 7.93. The van der Waals surface area contributed by atoms with Crippen LogP contribution in [0.15, 0.2) is 222 Å². The first kappa shape index (κ1) is 36.2. The fraction of sp³-hybridized carbons (Fsp3) is 0.136. The lowest BCUT2D eigenvalue weighted by Crippen LogP contribution is -2.37. The van der Waals surface area contributed by atoms with E-state index < -0.39 is 5.41 Å². The first-order valence-electron chi connectivity index (χ1n) is 22.4. The molecule has 0 aliphatic heterocycles. The van der Waals surface area contributed by atoms with Crippen molar-refractivity contribution in [3.8, 4) is 39.6 Å². The van der Waals surface area contributed by atoms with Crippen molar-refractivity contribution in [1.29, 1.82) is 0 Å². The van der Waals surface area contributed by atoms with Crippen molar-refractivity contribution in [1.82, 2.24) is 19.5 Å². The fourth-order valence-electron chi connectivity index (χ4n) is 11.9. The average molecular weight is 809 g/mol. The van der Waals surface area contributed by atoms with Gasteiger partial charge >= 0.3 is 0 Å². The van der Waals surface area contributed by atoms with Crippen molar-refractivity contribution in [2.24, 2.45) is 0 Å². The quantitative estimate of drug-likeness (QED) is 0.174. The molecule has 0 radical (unpaired) electrons. The van der Waals surface area contributed by atoms with Crippen LogP contribution in [0.5, 0.6) is 0 Å². The molecule has 0 fully saturated rings. The second kappa shape index (κ2) is 13.8. The molecule has 1 spiro atoms. The Morgan fingerprint density at radius 3 is 1.83 bits per heavy atom. The van der Waals surface area contributed by atoms with Gasteiger partial charge in [0.2, 0.25) is 0 Å². The van der Waals surface area contributed by atoms with E-state index in [2.05, 4.69) is 194 Å². The zero-order valence-corrected chi connectivity index (χ0v) is 35.2. The molecule has 0 bridgehead atoms. The molecule has 4 heteroatoms. The highest BCUT2D eigenvalue weighted by Gasteiger charge is 2.61. The van der Waals surface area contributed by atoms with E-state index in [-0.39, 0.29) is 11.3 Å². The van der Waals surface area contributed by atoms with E-state index in [1.54, 1.807) is 11.1 Å². The van der Waals surface area contributed by atoms with Gasteiger partial charge in [-0.05, 0) is 107 Å². The van der Waals surface area contributed by atoms with Crippen LogP contribution in [0.4, 0.5) is 0 Å². The first-order chi connectivity index (χ1) is 31.1. The minimum atomic E-state index is -0.598. The monoisotopic (exact) mass is 808 g/mol. The van der Waals surface area contributed by atoms with Gasteiger partial charge in [-0.25, -0.2) is 15.0 Å².